The average Bonchev–Trinajstić information content (AvgIpc) is 2.93. The number of fused-ring (bicyclic) bond motifs is 1. The van der Waals surface area contributed by atoms with Crippen LogP contribution in [0, 0.1) is 0 Å². The molecule has 3 heterocycles. The SMILES string of the molecule is Cn1c(=O)[nH]c2nc(N3CCCC3)[nH]c2c1=O. The molecule has 0 aromatic carbocycles. The maximum absolute atomic E-state index is 11.8. The van der Waals surface area contributed by atoms with Gasteiger partial charge in [0.15, 0.2) is 11.2 Å². The second-order valence-corrected chi connectivity index (χ2v) is 4.27. The first kappa shape index (κ1) is 10.1. The summed E-state index contributed by atoms with van der Waals surface area (Å²) in [6.45, 7) is 1.87. The van der Waals surface area contributed by atoms with Gasteiger partial charge in [-0.05, 0) is 12.8 Å². The summed E-state index contributed by atoms with van der Waals surface area (Å²) in [4.78, 5) is 35.2. The Morgan fingerprint density at radius 1 is 1.18 bits per heavy atom. The van der Waals surface area contributed by atoms with Crippen LogP contribution in [0.3, 0.4) is 0 Å². The zero-order valence-corrected chi connectivity index (χ0v) is 9.49. The highest BCUT2D eigenvalue weighted by molar-refractivity contribution is 5.72. The van der Waals surface area contributed by atoms with Gasteiger partial charge in [-0.25, -0.2) is 4.79 Å². The molecule has 2 aromatic rings. The fourth-order valence-electron chi connectivity index (χ4n) is 2.13. The van der Waals surface area contributed by atoms with Gasteiger partial charge in [-0.1, -0.05) is 0 Å². The Hall–Kier alpha value is -2.05. The van der Waals surface area contributed by atoms with Crippen molar-refractivity contribution >= 4 is 17.1 Å². The molecule has 90 valence electrons. The normalized spacial score (nSPS) is 15.9. The highest BCUT2D eigenvalue weighted by Crippen LogP contribution is 2.17. The molecule has 0 radical (unpaired) electrons. The van der Waals surface area contributed by atoms with Crippen molar-refractivity contribution in [1.82, 2.24) is 19.5 Å². The molecule has 1 saturated heterocycles. The van der Waals surface area contributed by atoms with Crippen molar-refractivity contribution in [3.63, 3.8) is 0 Å². The number of imidazole rings is 1. The van der Waals surface area contributed by atoms with Gasteiger partial charge >= 0.3 is 5.69 Å². The van der Waals surface area contributed by atoms with E-state index in [1.54, 1.807) is 0 Å². The zero-order chi connectivity index (χ0) is 12.0. The van der Waals surface area contributed by atoms with E-state index in [1.165, 1.54) is 7.05 Å². The van der Waals surface area contributed by atoms with E-state index >= 15 is 0 Å². The Morgan fingerprint density at radius 2 is 1.88 bits per heavy atom. The second kappa shape index (κ2) is 3.47. The summed E-state index contributed by atoms with van der Waals surface area (Å²) in [5.74, 6) is 0.663. The number of hydrogen-bond acceptors (Lipinski definition) is 4. The molecule has 1 aliphatic heterocycles. The van der Waals surface area contributed by atoms with Gasteiger partial charge in [-0.3, -0.25) is 14.3 Å². The summed E-state index contributed by atoms with van der Waals surface area (Å²) in [6.07, 6.45) is 2.26. The summed E-state index contributed by atoms with van der Waals surface area (Å²) < 4.78 is 1.04. The fraction of sp³-hybridized carbons (Fsp3) is 0.500. The van der Waals surface area contributed by atoms with Gasteiger partial charge in [0, 0.05) is 20.1 Å². The Morgan fingerprint density at radius 3 is 2.59 bits per heavy atom. The summed E-state index contributed by atoms with van der Waals surface area (Å²) >= 11 is 0. The van der Waals surface area contributed by atoms with Gasteiger partial charge in [-0.2, -0.15) is 4.98 Å². The maximum Gasteiger partial charge on any atom is 0.329 e. The molecular formula is C10H13N5O2. The predicted molar refractivity (Wildman–Crippen MR) is 63.4 cm³/mol. The van der Waals surface area contributed by atoms with E-state index < -0.39 is 5.69 Å². The number of rotatable bonds is 1. The first-order chi connectivity index (χ1) is 8.16. The Kier molecular flexibility index (Phi) is 2.07. The van der Waals surface area contributed by atoms with Crippen molar-refractivity contribution in [1.29, 1.82) is 0 Å². The quantitative estimate of drug-likeness (QED) is 0.701. The molecule has 1 aliphatic rings. The van der Waals surface area contributed by atoms with Crippen LogP contribution in [0.25, 0.3) is 11.2 Å². The van der Waals surface area contributed by atoms with Crippen molar-refractivity contribution in [2.24, 2.45) is 7.05 Å². The third-order valence-corrected chi connectivity index (χ3v) is 3.15. The van der Waals surface area contributed by atoms with Crippen LogP contribution >= 0.6 is 0 Å². The monoisotopic (exact) mass is 235 g/mol. The minimum atomic E-state index is -0.443. The molecule has 1 fully saturated rings. The summed E-state index contributed by atoms with van der Waals surface area (Å²) in [5.41, 5.74) is -0.0994. The highest BCUT2D eigenvalue weighted by atomic mass is 16.2. The summed E-state index contributed by atoms with van der Waals surface area (Å²) in [7, 11) is 1.44. The van der Waals surface area contributed by atoms with Crippen LogP contribution < -0.4 is 16.1 Å². The predicted octanol–water partition coefficient (Wildman–Crippen LogP) is -0.450. The lowest BCUT2D eigenvalue weighted by Crippen LogP contribution is -2.32. The fourth-order valence-corrected chi connectivity index (χ4v) is 2.13. The van der Waals surface area contributed by atoms with Gasteiger partial charge in [0.05, 0.1) is 0 Å². The molecule has 2 N–H and O–H groups in total. The van der Waals surface area contributed by atoms with E-state index in [1.807, 2.05) is 0 Å². The molecule has 17 heavy (non-hydrogen) atoms. The van der Waals surface area contributed by atoms with E-state index in [-0.39, 0.29) is 5.56 Å². The molecule has 7 nitrogen and oxygen atoms in total. The average molecular weight is 235 g/mol. The highest BCUT2D eigenvalue weighted by Gasteiger charge is 2.17. The lowest BCUT2D eigenvalue weighted by atomic mass is 10.4. The molecular weight excluding hydrogens is 222 g/mol. The van der Waals surface area contributed by atoms with Crippen molar-refractivity contribution < 1.29 is 0 Å². The van der Waals surface area contributed by atoms with E-state index in [4.69, 9.17) is 0 Å². The third kappa shape index (κ3) is 1.46. The molecule has 3 rings (SSSR count). The molecule has 0 amide bonds. The van der Waals surface area contributed by atoms with Crippen molar-refractivity contribution in [2.45, 2.75) is 12.8 Å². The number of H-pyrrole nitrogens is 2. The van der Waals surface area contributed by atoms with E-state index in [0.717, 1.165) is 30.5 Å². The number of anilines is 1. The first-order valence-electron chi connectivity index (χ1n) is 5.61. The topological polar surface area (TPSA) is 86.8 Å². The molecule has 7 heteroatoms. The van der Waals surface area contributed by atoms with Crippen molar-refractivity contribution in [3.05, 3.63) is 20.8 Å². The number of aromatic amines is 2. The lowest BCUT2D eigenvalue weighted by Gasteiger charge is -2.11. The largest absolute Gasteiger partial charge is 0.342 e. The minimum Gasteiger partial charge on any atom is -0.342 e. The van der Waals surface area contributed by atoms with Crippen LogP contribution in [0.4, 0.5) is 5.95 Å². The van der Waals surface area contributed by atoms with Gasteiger partial charge < -0.3 is 9.88 Å². The van der Waals surface area contributed by atoms with Crippen LogP contribution in [0.15, 0.2) is 9.59 Å². The number of nitrogens with one attached hydrogen (secondary N) is 2. The Balaban J connectivity index is 2.22. The molecule has 0 bridgehead atoms. The van der Waals surface area contributed by atoms with Crippen LogP contribution in [0.1, 0.15) is 12.8 Å². The Bertz CT molecular complexity index is 674. The van der Waals surface area contributed by atoms with E-state index in [9.17, 15) is 9.59 Å². The van der Waals surface area contributed by atoms with Crippen LogP contribution in [0.5, 0.6) is 0 Å². The zero-order valence-electron chi connectivity index (χ0n) is 9.49. The molecule has 0 spiro atoms. The molecule has 0 aliphatic carbocycles. The standard InChI is InChI=1S/C10H13N5O2/c1-14-8(16)6-7(13-10(14)17)12-9(11-6)15-4-2-3-5-15/h2-5H2,1H3,(H,11,12)(H,13,17). The number of nitrogens with zero attached hydrogens (tertiary/aromatic N) is 3. The van der Waals surface area contributed by atoms with Crippen LogP contribution in [-0.2, 0) is 7.05 Å². The smallest absolute Gasteiger partial charge is 0.329 e. The van der Waals surface area contributed by atoms with Crippen LogP contribution in [0.2, 0.25) is 0 Å². The third-order valence-electron chi connectivity index (χ3n) is 3.15. The Labute approximate surface area is 96.1 Å². The summed E-state index contributed by atoms with van der Waals surface area (Å²) in [6, 6.07) is 0. The van der Waals surface area contributed by atoms with Crippen LogP contribution in [-0.4, -0.2) is 32.6 Å². The van der Waals surface area contributed by atoms with Gasteiger partial charge in [-0.15, -0.1) is 0 Å². The molecule has 0 saturated carbocycles. The van der Waals surface area contributed by atoms with Gasteiger partial charge in [0.1, 0.15) is 0 Å². The van der Waals surface area contributed by atoms with Gasteiger partial charge in [0.25, 0.3) is 5.56 Å². The van der Waals surface area contributed by atoms with Crippen molar-refractivity contribution in [3.8, 4) is 0 Å². The molecule has 0 unspecified atom stereocenters. The van der Waals surface area contributed by atoms with Gasteiger partial charge in [0.2, 0.25) is 5.95 Å². The van der Waals surface area contributed by atoms with E-state index in [0.29, 0.717) is 17.1 Å². The number of aromatic nitrogens is 4. The molecule has 2 aromatic heterocycles. The van der Waals surface area contributed by atoms with Crippen molar-refractivity contribution in [2.75, 3.05) is 18.0 Å². The first-order valence-corrected chi connectivity index (χ1v) is 5.61. The maximum atomic E-state index is 11.8. The lowest BCUT2D eigenvalue weighted by molar-refractivity contribution is 0.790. The second-order valence-electron chi connectivity index (χ2n) is 4.27. The molecule has 0 atom stereocenters. The summed E-state index contributed by atoms with van der Waals surface area (Å²) in [5, 5.41) is 0. The number of hydrogen-bond donors (Lipinski definition) is 2. The van der Waals surface area contributed by atoms with E-state index in [2.05, 4.69) is 19.9 Å². The minimum absolute atomic E-state index is 0.333.